The summed E-state index contributed by atoms with van der Waals surface area (Å²) < 4.78 is 44.8. The third kappa shape index (κ3) is 7.47. The van der Waals surface area contributed by atoms with Crippen LogP contribution < -0.4 is 16.0 Å². The van der Waals surface area contributed by atoms with Gasteiger partial charge in [0.1, 0.15) is 0 Å². The molecule has 1 saturated carbocycles. The van der Waals surface area contributed by atoms with Gasteiger partial charge in [-0.05, 0) is 68.5 Å². The first-order chi connectivity index (χ1) is 19.9. The molecular formula is C30H37F3N4O5. The van der Waals surface area contributed by atoms with Gasteiger partial charge in [-0.2, -0.15) is 13.2 Å². The highest BCUT2D eigenvalue weighted by molar-refractivity contribution is 5.96. The second-order valence-electron chi connectivity index (χ2n) is 10.8. The number of amides is 3. The maximum Gasteiger partial charge on any atom is 0.416 e. The van der Waals surface area contributed by atoms with Gasteiger partial charge in [-0.15, -0.1) is 0 Å². The Kier molecular flexibility index (Phi) is 9.90. The Bertz CT molecular complexity index is 1280. The van der Waals surface area contributed by atoms with Crippen molar-refractivity contribution in [2.75, 3.05) is 33.3 Å². The van der Waals surface area contributed by atoms with Crippen LogP contribution in [0.1, 0.15) is 64.4 Å². The summed E-state index contributed by atoms with van der Waals surface area (Å²) in [7, 11) is 1.56. The third-order valence-electron chi connectivity index (χ3n) is 8.07. The molecule has 0 bridgehead atoms. The van der Waals surface area contributed by atoms with Crippen molar-refractivity contribution < 1.29 is 37.4 Å². The summed E-state index contributed by atoms with van der Waals surface area (Å²) in [5.41, 5.74) is -0.953. The van der Waals surface area contributed by atoms with E-state index in [0.717, 1.165) is 18.2 Å². The van der Waals surface area contributed by atoms with E-state index in [2.05, 4.69) is 20.9 Å². The molecule has 3 amide bonds. The van der Waals surface area contributed by atoms with Gasteiger partial charge in [-0.25, -0.2) is 0 Å². The van der Waals surface area contributed by atoms with Crippen molar-refractivity contribution in [3.63, 3.8) is 0 Å². The largest absolute Gasteiger partial charge is 0.416 e. The molecule has 2 aromatic carbocycles. The highest BCUT2D eigenvalue weighted by Crippen LogP contribution is 2.39. The topological polar surface area (TPSA) is 120 Å². The van der Waals surface area contributed by atoms with E-state index in [4.69, 9.17) is 4.74 Å². The van der Waals surface area contributed by atoms with E-state index in [-0.39, 0.29) is 29.7 Å². The number of hydrogen-bond donors (Lipinski definition) is 4. The fraction of sp³-hybridized carbons (Fsp3) is 0.500. The maximum absolute atomic E-state index is 13.0. The Hall–Kier alpha value is -3.48. The minimum absolute atomic E-state index is 0.165. The van der Waals surface area contributed by atoms with Gasteiger partial charge in [0.15, 0.2) is 0 Å². The van der Waals surface area contributed by atoms with Crippen LogP contribution in [0.3, 0.4) is 0 Å². The molecule has 1 aliphatic carbocycles. The number of carbonyl (C=O) groups excluding carboxylic acids is 3. The zero-order valence-corrected chi connectivity index (χ0v) is 23.7. The van der Waals surface area contributed by atoms with Gasteiger partial charge in [0.2, 0.25) is 5.91 Å². The van der Waals surface area contributed by atoms with Gasteiger partial charge < -0.3 is 25.8 Å². The lowest BCUT2D eigenvalue weighted by molar-refractivity contribution is -0.137. The van der Waals surface area contributed by atoms with Crippen LogP contribution in [0.25, 0.3) is 0 Å². The molecular weight excluding hydrogens is 553 g/mol. The number of hydrogen-bond acceptors (Lipinski definition) is 6. The van der Waals surface area contributed by atoms with E-state index in [1.807, 2.05) is 13.0 Å². The van der Waals surface area contributed by atoms with Crippen LogP contribution in [0.2, 0.25) is 0 Å². The number of likely N-dealkylation sites (tertiary alicyclic amines) is 1. The molecule has 2 fully saturated rings. The van der Waals surface area contributed by atoms with Crippen LogP contribution in [0.4, 0.5) is 13.2 Å². The Balaban J connectivity index is 1.31. The van der Waals surface area contributed by atoms with Crippen LogP contribution in [0.5, 0.6) is 0 Å². The number of nitrogens with zero attached hydrogens (tertiary/aromatic N) is 1. The van der Waals surface area contributed by atoms with E-state index in [0.29, 0.717) is 56.5 Å². The molecule has 0 radical (unpaired) electrons. The molecule has 0 spiro atoms. The molecule has 4 rings (SSSR count). The highest BCUT2D eigenvalue weighted by atomic mass is 19.4. The summed E-state index contributed by atoms with van der Waals surface area (Å²) in [5, 5.41) is 19.3. The zero-order valence-electron chi connectivity index (χ0n) is 23.7. The van der Waals surface area contributed by atoms with Crippen LogP contribution in [0, 0.1) is 0 Å². The Morgan fingerprint density at radius 2 is 1.69 bits per heavy atom. The van der Waals surface area contributed by atoms with Crippen molar-refractivity contribution >= 4 is 17.7 Å². The zero-order chi connectivity index (χ0) is 30.5. The van der Waals surface area contributed by atoms with E-state index >= 15 is 0 Å². The van der Waals surface area contributed by atoms with Crippen molar-refractivity contribution in [2.45, 2.75) is 62.6 Å². The lowest BCUT2D eigenvalue weighted by Crippen LogP contribution is -2.48. The summed E-state index contributed by atoms with van der Waals surface area (Å²) in [6.45, 7) is 3.03. The smallest absolute Gasteiger partial charge is 0.385 e. The van der Waals surface area contributed by atoms with E-state index in [1.165, 1.54) is 6.07 Å². The molecule has 0 unspecified atom stereocenters. The van der Waals surface area contributed by atoms with Crippen LogP contribution >= 0.6 is 0 Å². The molecule has 1 aliphatic heterocycles. The molecule has 2 aliphatic rings. The number of rotatable bonds is 9. The molecule has 4 N–H and O–H groups in total. The van der Waals surface area contributed by atoms with Gasteiger partial charge in [0, 0.05) is 43.9 Å². The Labute approximate surface area is 242 Å². The fourth-order valence-corrected chi connectivity index (χ4v) is 5.81. The SMILES string of the molecule is CCO[C@@H]1CN(C2CCC(O)(c3cccc(C(=O)NC)c3)CC2)C[C@@H]1NC(=O)CNC(=O)c1cccc(C(F)(F)F)c1. The molecule has 1 saturated heterocycles. The first-order valence-corrected chi connectivity index (χ1v) is 14.1. The standard InChI is InChI=1S/C30H37F3N4O5/c1-3-42-25-18-37(23-10-12-29(41,13-11-23)21-8-4-6-19(14-21)27(39)34-2)17-24(25)36-26(38)16-35-28(40)20-7-5-9-22(15-20)30(31,32)33/h4-9,14-15,23-25,41H,3,10-13,16-18H2,1-2H3,(H,34,39)(H,35,40)(H,36,38)/t23?,24-,25+,29?/m0/s1. The number of benzene rings is 2. The summed E-state index contributed by atoms with van der Waals surface area (Å²) in [6.07, 6.45) is -2.39. The number of ether oxygens (including phenoxy) is 1. The first kappa shape index (κ1) is 31.5. The predicted molar refractivity (Wildman–Crippen MR) is 149 cm³/mol. The molecule has 42 heavy (non-hydrogen) atoms. The Morgan fingerprint density at radius 3 is 2.33 bits per heavy atom. The highest BCUT2D eigenvalue weighted by Gasteiger charge is 2.42. The Morgan fingerprint density at radius 1 is 1.02 bits per heavy atom. The number of carbonyl (C=O) groups is 3. The van der Waals surface area contributed by atoms with Crippen LogP contribution in [-0.4, -0.2) is 79.2 Å². The minimum atomic E-state index is -4.58. The lowest BCUT2D eigenvalue weighted by Gasteiger charge is -2.40. The van der Waals surface area contributed by atoms with Crippen molar-refractivity contribution in [2.24, 2.45) is 0 Å². The average molecular weight is 591 g/mol. The summed E-state index contributed by atoms with van der Waals surface area (Å²) >= 11 is 0. The average Bonchev–Trinajstić information content (AvgIpc) is 3.37. The summed E-state index contributed by atoms with van der Waals surface area (Å²) in [4.78, 5) is 39.4. The van der Waals surface area contributed by atoms with Gasteiger partial charge in [0.05, 0.1) is 29.9 Å². The second-order valence-corrected chi connectivity index (χ2v) is 10.8. The quantitative estimate of drug-likeness (QED) is 0.357. The molecule has 0 aromatic heterocycles. The minimum Gasteiger partial charge on any atom is -0.385 e. The van der Waals surface area contributed by atoms with Crippen molar-refractivity contribution in [1.82, 2.24) is 20.9 Å². The first-order valence-electron chi connectivity index (χ1n) is 14.1. The van der Waals surface area contributed by atoms with Gasteiger partial charge in [0.25, 0.3) is 11.8 Å². The van der Waals surface area contributed by atoms with Crippen molar-refractivity contribution in [3.05, 3.63) is 70.8 Å². The van der Waals surface area contributed by atoms with Gasteiger partial charge >= 0.3 is 6.18 Å². The number of halogens is 3. The van der Waals surface area contributed by atoms with Crippen LogP contribution in [-0.2, 0) is 21.3 Å². The van der Waals surface area contributed by atoms with E-state index in [9.17, 15) is 32.7 Å². The van der Waals surface area contributed by atoms with Crippen LogP contribution in [0.15, 0.2) is 48.5 Å². The molecule has 9 nitrogen and oxygen atoms in total. The number of aliphatic hydroxyl groups is 1. The second kappa shape index (κ2) is 13.2. The molecule has 2 aromatic rings. The van der Waals surface area contributed by atoms with Crippen molar-refractivity contribution in [1.29, 1.82) is 0 Å². The molecule has 2 atom stereocenters. The third-order valence-corrected chi connectivity index (χ3v) is 8.07. The van der Waals surface area contributed by atoms with Gasteiger partial charge in [-0.1, -0.05) is 18.2 Å². The molecule has 228 valence electrons. The molecule has 12 heteroatoms. The molecule has 1 heterocycles. The maximum atomic E-state index is 13.0. The van der Waals surface area contributed by atoms with E-state index in [1.54, 1.807) is 25.2 Å². The van der Waals surface area contributed by atoms with Gasteiger partial charge in [-0.3, -0.25) is 19.3 Å². The summed E-state index contributed by atoms with van der Waals surface area (Å²) in [6, 6.07) is 10.9. The fourth-order valence-electron chi connectivity index (χ4n) is 5.81. The van der Waals surface area contributed by atoms with E-state index < -0.39 is 35.7 Å². The normalized spacial score (nSPS) is 24.7. The predicted octanol–water partition coefficient (Wildman–Crippen LogP) is 2.83. The summed E-state index contributed by atoms with van der Waals surface area (Å²) in [5.74, 6) is -1.46. The number of alkyl halides is 3. The van der Waals surface area contributed by atoms with Crippen molar-refractivity contribution in [3.8, 4) is 0 Å². The monoisotopic (exact) mass is 590 g/mol. The lowest BCUT2D eigenvalue weighted by atomic mass is 9.77. The number of nitrogens with one attached hydrogen (secondary N) is 3.